The zero-order valence-corrected chi connectivity index (χ0v) is 22.3. The van der Waals surface area contributed by atoms with Crippen LogP contribution in [0.3, 0.4) is 0 Å². The first-order chi connectivity index (χ1) is 17.7. The smallest absolute Gasteiger partial charge is 0.311 e. The zero-order chi connectivity index (χ0) is 26.7. The van der Waals surface area contributed by atoms with Crippen molar-refractivity contribution in [2.45, 2.75) is 58.3 Å². The fraction of sp³-hybridized carbons (Fsp3) is 0.536. The van der Waals surface area contributed by atoms with Crippen molar-refractivity contribution in [3.8, 4) is 11.4 Å². The number of hydrogen-bond acceptors (Lipinski definition) is 7. The monoisotopic (exact) mass is 511 g/mol. The molecule has 1 fully saturated rings. The van der Waals surface area contributed by atoms with Gasteiger partial charge in [0.1, 0.15) is 11.9 Å². The Balaban J connectivity index is 1.62. The third-order valence-electron chi connectivity index (χ3n) is 7.02. The Morgan fingerprint density at radius 3 is 2.73 bits per heavy atom. The second-order valence-corrected chi connectivity index (χ2v) is 10.1. The number of carbonyl (C=O) groups excluding carboxylic acids is 1. The van der Waals surface area contributed by atoms with Crippen LogP contribution < -0.4 is 5.56 Å². The molecule has 1 aliphatic heterocycles. The van der Waals surface area contributed by atoms with Gasteiger partial charge in [-0.15, -0.1) is 0 Å². The van der Waals surface area contributed by atoms with E-state index in [0.717, 1.165) is 28.0 Å². The summed E-state index contributed by atoms with van der Waals surface area (Å²) in [5.41, 5.74) is 4.27. The molecule has 2 aromatic heterocycles. The number of pyridine rings is 1. The number of imidazole rings is 1. The van der Waals surface area contributed by atoms with Crippen LogP contribution in [0.1, 0.15) is 43.9 Å². The molecule has 37 heavy (non-hydrogen) atoms. The Kier molecular flexibility index (Phi) is 8.46. The fourth-order valence-electron chi connectivity index (χ4n) is 5.00. The number of nitrogens with zero attached hydrogens (tertiary/aromatic N) is 3. The van der Waals surface area contributed by atoms with E-state index in [1.54, 1.807) is 32.6 Å². The highest BCUT2D eigenvalue weighted by Gasteiger charge is 2.29. The molecule has 4 rings (SSSR count). The van der Waals surface area contributed by atoms with Crippen LogP contribution in [0.15, 0.2) is 35.3 Å². The molecule has 1 N–H and O–H groups in total. The van der Waals surface area contributed by atoms with Gasteiger partial charge >= 0.3 is 5.97 Å². The van der Waals surface area contributed by atoms with Gasteiger partial charge in [-0.1, -0.05) is 6.07 Å². The maximum absolute atomic E-state index is 12.7. The van der Waals surface area contributed by atoms with Crippen molar-refractivity contribution >= 4 is 17.0 Å². The lowest BCUT2D eigenvalue weighted by Crippen LogP contribution is -2.31. The lowest BCUT2D eigenvalue weighted by atomic mass is 9.95. The Hall–Kier alpha value is -3.01. The molecule has 200 valence electrons. The Labute approximate surface area is 217 Å². The molecule has 1 aliphatic rings. The number of carbonyl (C=O) groups is 1. The number of methoxy groups -OCH3 is 1. The predicted octanol–water partition coefficient (Wildman–Crippen LogP) is 3.18. The van der Waals surface area contributed by atoms with Crippen molar-refractivity contribution in [1.29, 1.82) is 0 Å². The van der Waals surface area contributed by atoms with Crippen LogP contribution in [0.2, 0.25) is 0 Å². The van der Waals surface area contributed by atoms with Gasteiger partial charge in [-0.3, -0.25) is 9.59 Å². The molecule has 3 aromatic rings. The van der Waals surface area contributed by atoms with Gasteiger partial charge in [-0.2, -0.15) is 0 Å². The van der Waals surface area contributed by atoms with E-state index < -0.39 is 12.0 Å². The molecule has 1 saturated heterocycles. The van der Waals surface area contributed by atoms with Crippen molar-refractivity contribution in [1.82, 2.24) is 14.1 Å². The number of esters is 1. The van der Waals surface area contributed by atoms with E-state index >= 15 is 0 Å². The van der Waals surface area contributed by atoms with Crippen LogP contribution in [0.4, 0.5) is 0 Å². The summed E-state index contributed by atoms with van der Waals surface area (Å²) >= 11 is 0. The van der Waals surface area contributed by atoms with Gasteiger partial charge in [0, 0.05) is 37.9 Å². The molecule has 0 saturated carbocycles. The van der Waals surface area contributed by atoms with Crippen molar-refractivity contribution in [2.75, 3.05) is 26.9 Å². The summed E-state index contributed by atoms with van der Waals surface area (Å²) in [6.07, 6.45) is 2.51. The van der Waals surface area contributed by atoms with E-state index in [1.165, 1.54) is 0 Å². The molecular formula is C28H37N3O6. The number of aliphatic hydroxyl groups excluding tert-OH is 1. The highest BCUT2D eigenvalue weighted by atomic mass is 16.6. The van der Waals surface area contributed by atoms with Crippen molar-refractivity contribution in [3.05, 3.63) is 51.9 Å². The maximum Gasteiger partial charge on any atom is 0.311 e. The Morgan fingerprint density at radius 2 is 2.08 bits per heavy atom. The lowest BCUT2D eigenvalue weighted by molar-refractivity contribution is -0.158. The number of aromatic nitrogens is 3. The molecule has 0 radical (unpaired) electrons. The van der Waals surface area contributed by atoms with Gasteiger partial charge in [0.2, 0.25) is 0 Å². The molecule has 3 heterocycles. The maximum atomic E-state index is 12.7. The summed E-state index contributed by atoms with van der Waals surface area (Å²) in [4.78, 5) is 29.9. The van der Waals surface area contributed by atoms with E-state index in [4.69, 9.17) is 19.2 Å². The van der Waals surface area contributed by atoms with E-state index in [2.05, 4.69) is 11.5 Å². The number of aliphatic hydroxyl groups is 1. The van der Waals surface area contributed by atoms with E-state index in [9.17, 15) is 14.7 Å². The van der Waals surface area contributed by atoms with Crippen LogP contribution in [-0.4, -0.2) is 64.3 Å². The van der Waals surface area contributed by atoms with Crippen molar-refractivity contribution < 1.29 is 24.1 Å². The zero-order valence-electron chi connectivity index (χ0n) is 22.3. The SMILES string of the molecule is COC[C@H](C)n1c(-c2cc(C)c(=O)n(C)c2)nc2cc(CC[C@H](C(=O)O[C@H]3CCOC3)[C@@H](C)O)ccc21. The van der Waals surface area contributed by atoms with Crippen molar-refractivity contribution in [2.24, 2.45) is 13.0 Å². The topological polar surface area (TPSA) is 105 Å². The first kappa shape index (κ1) is 27.0. The molecule has 0 spiro atoms. The number of fused-ring (bicyclic) bond motifs is 1. The van der Waals surface area contributed by atoms with Crippen molar-refractivity contribution in [3.63, 3.8) is 0 Å². The number of aryl methyl sites for hydroxylation is 3. The van der Waals surface area contributed by atoms with Crippen LogP contribution in [0, 0.1) is 12.8 Å². The first-order valence-corrected chi connectivity index (χ1v) is 12.8. The van der Waals surface area contributed by atoms with Crippen LogP contribution >= 0.6 is 0 Å². The molecule has 0 unspecified atom stereocenters. The summed E-state index contributed by atoms with van der Waals surface area (Å²) < 4.78 is 20.0. The summed E-state index contributed by atoms with van der Waals surface area (Å²) in [5, 5.41) is 10.3. The van der Waals surface area contributed by atoms with Gasteiger partial charge in [0.15, 0.2) is 0 Å². The summed E-state index contributed by atoms with van der Waals surface area (Å²) in [6, 6.07) is 7.98. The molecular weight excluding hydrogens is 474 g/mol. The molecule has 9 heteroatoms. The Bertz CT molecular complexity index is 1280. The molecule has 0 amide bonds. The third-order valence-corrected chi connectivity index (χ3v) is 7.02. The average Bonchev–Trinajstić information content (AvgIpc) is 3.49. The number of benzene rings is 1. The van der Waals surface area contributed by atoms with Crippen LogP contribution in [0.5, 0.6) is 0 Å². The summed E-state index contributed by atoms with van der Waals surface area (Å²) in [7, 11) is 3.42. The Morgan fingerprint density at radius 1 is 1.30 bits per heavy atom. The minimum absolute atomic E-state index is 0.0161. The first-order valence-electron chi connectivity index (χ1n) is 12.8. The number of hydrogen-bond donors (Lipinski definition) is 1. The van der Waals surface area contributed by atoms with Gasteiger partial charge < -0.3 is 28.5 Å². The van der Waals surface area contributed by atoms with E-state index in [1.807, 2.05) is 30.5 Å². The molecule has 1 aromatic carbocycles. The third kappa shape index (κ3) is 5.95. The quantitative estimate of drug-likeness (QED) is 0.417. The normalized spacial score (nSPS) is 18.2. The summed E-state index contributed by atoms with van der Waals surface area (Å²) in [6.45, 7) is 7.02. The highest BCUT2D eigenvalue weighted by molar-refractivity contribution is 5.81. The van der Waals surface area contributed by atoms with Gasteiger partial charge in [0.25, 0.3) is 5.56 Å². The molecule has 0 bridgehead atoms. The lowest BCUT2D eigenvalue weighted by Gasteiger charge is -2.20. The average molecular weight is 512 g/mol. The van der Waals surface area contributed by atoms with Gasteiger partial charge in [0.05, 0.1) is 48.9 Å². The largest absolute Gasteiger partial charge is 0.460 e. The van der Waals surface area contributed by atoms with E-state index in [0.29, 0.717) is 44.6 Å². The van der Waals surface area contributed by atoms with E-state index in [-0.39, 0.29) is 23.7 Å². The molecule has 4 atom stereocenters. The second kappa shape index (κ2) is 11.6. The minimum Gasteiger partial charge on any atom is -0.460 e. The van der Waals surface area contributed by atoms with Crippen LogP contribution in [-0.2, 0) is 32.5 Å². The van der Waals surface area contributed by atoms with Crippen LogP contribution in [0.25, 0.3) is 22.4 Å². The molecule has 0 aliphatic carbocycles. The van der Waals surface area contributed by atoms with Gasteiger partial charge in [-0.25, -0.2) is 4.98 Å². The summed E-state index contributed by atoms with van der Waals surface area (Å²) in [5.74, 6) is -0.226. The predicted molar refractivity (Wildman–Crippen MR) is 141 cm³/mol. The minimum atomic E-state index is -0.813. The number of ether oxygens (including phenoxy) is 3. The number of rotatable bonds is 10. The van der Waals surface area contributed by atoms with Gasteiger partial charge in [-0.05, 0) is 57.4 Å². The molecule has 9 nitrogen and oxygen atoms in total. The standard InChI is InChI=1S/C28H37N3O6/c1-17-12-21(14-30(4)27(17)33)26-29-24-13-20(7-9-25(24)31(26)18(2)15-35-5)6-8-23(19(3)32)28(34)37-22-10-11-36-16-22/h7,9,12-14,18-19,22-23,32H,6,8,10-11,15-16H2,1-5H3/t18-,19+,22-,23-/m0/s1. The highest BCUT2D eigenvalue weighted by Crippen LogP contribution is 2.30. The fourth-order valence-corrected chi connectivity index (χ4v) is 5.00. The second-order valence-electron chi connectivity index (χ2n) is 10.1.